The van der Waals surface area contributed by atoms with Crippen LogP contribution in [-0.4, -0.2) is 31.6 Å². The Morgan fingerprint density at radius 3 is 1.10 bits per heavy atom. The summed E-state index contributed by atoms with van der Waals surface area (Å²) in [6.45, 7) is 1.71. The Labute approximate surface area is 118 Å². The zero-order chi connectivity index (χ0) is 16.1. The molecule has 0 heterocycles. The number of unbranched alkanes of at least 4 members (excludes halogenated alkanes) is 7. The van der Waals surface area contributed by atoms with E-state index in [0.29, 0.717) is 0 Å². The van der Waals surface area contributed by atoms with Crippen molar-refractivity contribution in [1.29, 1.82) is 0 Å². The van der Waals surface area contributed by atoms with Gasteiger partial charge < -0.3 is 11.5 Å². The van der Waals surface area contributed by atoms with Crippen molar-refractivity contribution in [3.63, 3.8) is 0 Å². The second-order valence-electron chi connectivity index (χ2n) is 4.33. The van der Waals surface area contributed by atoms with Crippen molar-refractivity contribution in [2.75, 3.05) is 13.1 Å². The number of hydrogen-bond donors (Lipinski definition) is 3. The van der Waals surface area contributed by atoms with Crippen molar-refractivity contribution in [3.05, 3.63) is 0 Å². The Bertz CT molecular complexity index is 299. The quantitative estimate of drug-likeness (QED) is 0.343. The molecule has 0 aliphatic heterocycles. The smallest absolute Gasteiger partial charge is 0.330 e. The zero-order valence-electron chi connectivity index (χ0n) is 11.5. The van der Waals surface area contributed by atoms with Crippen molar-refractivity contribution < 1.29 is 26.1 Å². The van der Waals surface area contributed by atoms with E-state index in [-0.39, 0.29) is 0 Å². The van der Waals surface area contributed by atoms with E-state index in [1.807, 2.05) is 0 Å². The molecule has 0 unspecified atom stereocenters. The molecule has 0 bridgehead atoms. The summed E-state index contributed by atoms with van der Waals surface area (Å²) in [6.07, 6.45) is 10.5. The van der Waals surface area contributed by atoms with Crippen LogP contribution in [0.2, 0.25) is 0 Å². The third-order valence-corrected chi connectivity index (χ3v) is 3.04. The van der Waals surface area contributed by atoms with Crippen LogP contribution in [0.25, 0.3) is 0 Å². The molecular weight excluding hydrogens is 297 g/mol. The second kappa shape index (κ2) is 12.4. The van der Waals surface area contributed by atoms with E-state index >= 15 is 0 Å². The van der Waals surface area contributed by atoms with Crippen LogP contribution in [0.15, 0.2) is 0 Å². The molecule has 124 valence electrons. The van der Waals surface area contributed by atoms with Crippen LogP contribution in [0.5, 0.6) is 0 Å². The summed E-state index contributed by atoms with van der Waals surface area (Å²) < 4.78 is 57.5. The van der Waals surface area contributed by atoms with Crippen molar-refractivity contribution in [2.45, 2.75) is 56.9 Å². The van der Waals surface area contributed by atoms with Crippen molar-refractivity contribution >= 4 is 10.1 Å². The van der Waals surface area contributed by atoms with Gasteiger partial charge in [0.1, 0.15) is 0 Å². The molecule has 0 rings (SSSR count). The Hall–Kier alpha value is -0.380. The first-order valence-corrected chi connectivity index (χ1v) is 8.04. The maximum absolute atomic E-state index is 10.7. The summed E-state index contributed by atoms with van der Waals surface area (Å²) in [5.74, 6) is 0. The Kier molecular flexibility index (Phi) is 13.5. The molecule has 5 N–H and O–H groups in total. The van der Waals surface area contributed by atoms with Gasteiger partial charge in [-0.15, -0.1) is 0 Å². The van der Waals surface area contributed by atoms with Crippen LogP contribution in [-0.2, 0) is 10.1 Å². The number of halogens is 3. The van der Waals surface area contributed by atoms with Gasteiger partial charge in [0, 0.05) is 0 Å². The number of alkyl halides is 3. The molecule has 0 aromatic rings. The first-order valence-electron chi connectivity index (χ1n) is 6.60. The summed E-state index contributed by atoms with van der Waals surface area (Å²) in [6, 6.07) is 0. The van der Waals surface area contributed by atoms with E-state index in [2.05, 4.69) is 0 Å². The molecule has 0 fully saturated rings. The monoisotopic (exact) mass is 322 g/mol. The molecule has 0 atom stereocenters. The summed E-state index contributed by atoms with van der Waals surface area (Å²) in [7, 11) is -5.84. The lowest BCUT2D eigenvalue weighted by Crippen LogP contribution is -2.21. The van der Waals surface area contributed by atoms with Crippen LogP contribution in [0.4, 0.5) is 13.2 Å². The highest BCUT2D eigenvalue weighted by Gasteiger charge is 2.44. The van der Waals surface area contributed by atoms with Gasteiger partial charge in [-0.1, -0.05) is 38.5 Å². The van der Waals surface area contributed by atoms with Gasteiger partial charge in [-0.3, -0.25) is 4.55 Å². The van der Waals surface area contributed by atoms with Gasteiger partial charge in [-0.25, -0.2) is 0 Å². The molecule has 20 heavy (non-hydrogen) atoms. The summed E-state index contributed by atoms with van der Waals surface area (Å²) in [4.78, 5) is 0. The summed E-state index contributed by atoms with van der Waals surface area (Å²) in [5, 5.41) is 0. The molecule has 0 saturated heterocycles. The standard InChI is InChI=1S/C10H24N2.CHF3O3S/c11-9-7-5-3-1-2-4-6-8-10-12;2-1(3,4)8(5,6)7/h1-12H2;(H,5,6,7). The Morgan fingerprint density at radius 1 is 0.750 bits per heavy atom. The second-order valence-corrected chi connectivity index (χ2v) is 5.74. The highest BCUT2D eigenvalue weighted by molar-refractivity contribution is 7.86. The lowest BCUT2D eigenvalue weighted by molar-refractivity contribution is -0.0510. The molecule has 0 aromatic heterocycles. The van der Waals surface area contributed by atoms with Gasteiger partial charge in [0.25, 0.3) is 0 Å². The fourth-order valence-corrected chi connectivity index (χ4v) is 1.35. The van der Waals surface area contributed by atoms with Gasteiger partial charge >= 0.3 is 15.6 Å². The van der Waals surface area contributed by atoms with Gasteiger partial charge in [0.05, 0.1) is 0 Å². The molecule has 0 radical (unpaired) electrons. The minimum atomic E-state index is -5.84. The van der Waals surface area contributed by atoms with Crippen LogP contribution in [0, 0.1) is 0 Å². The summed E-state index contributed by atoms with van der Waals surface area (Å²) in [5.41, 5.74) is 5.26. The summed E-state index contributed by atoms with van der Waals surface area (Å²) >= 11 is 0. The van der Waals surface area contributed by atoms with Crippen molar-refractivity contribution in [2.24, 2.45) is 11.5 Å². The van der Waals surface area contributed by atoms with Gasteiger partial charge in [0.2, 0.25) is 0 Å². The van der Waals surface area contributed by atoms with E-state index < -0.39 is 15.6 Å². The largest absolute Gasteiger partial charge is 0.522 e. The average Bonchev–Trinajstić information content (AvgIpc) is 2.31. The molecule has 0 amide bonds. The van der Waals surface area contributed by atoms with Crippen LogP contribution < -0.4 is 11.5 Å². The van der Waals surface area contributed by atoms with Gasteiger partial charge in [-0.2, -0.15) is 21.6 Å². The van der Waals surface area contributed by atoms with E-state index in [1.54, 1.807) is 0 Å². The lowest BCUT2D eigenvalue weighted by atomic mass is 10.1. The SMILES string of the molecule is NCCCCCCCCCCN.O=S(=O)(O)C(F)(F)F. The van der Waals surface area contributed by atoms with Gasteiger partial charge in [0.15, 0.2) is 0 Å². The third kappa shape index (κ3) is 15.7. The number of rotatable bonds is 9. The first kappa shape index (κ1) is 21.9. The minimum Gasteiger partial charge on any atom is -0.330 e. The number of nitrogens with two attached hydrogens (primary N) is 2. The maximum atomic E-state index is 10.7. The zero-order valence-corrected chi connectivity index (χ0v) is 12.3. The molecule has 9 heteroatoms. The minimum absolute atomic E-state index is 0.854. The molecule has 0 aromatic carbocycles. The number of hydrogen-bond acceptors (Lipinski definition) is 4. The van der Waals surface area contributed by atoms with Gasteiger partial charge in [-0.05, 0) is 25.9 Å². The molecule has 0 spiro atoms. The van der Waals surface area contributed by atoms with E-state index in [4.69, 9.17) is 24.4 Å². The van der Waals surface area contributed by atoms with Crippen LogP contribution in [0.1, 0.15) is 51.4 Å². The lowest BCUT2D eigenvalue weighted by Gasteiger charge is -2.00. The Balaban J connectivity index is 0. The predicted octanol–water partition coefficient (Wildman–Crippen LogP) is 2.42. The Morgan fingerprint density at radius 2 is 0.950 bits per heavy atom. The molecular formula is C11H25F3N2O3S. The van der Waals surface area contributed by atoms with E-state index in [0.717, 1.165) is 13.1 Å². The molecule has 0 aliphatic rings. The van der Waals surface area contributed by atoms with Crippen LogP contribution in [0.3, 0.4) is 0 Å². The normalized spacial score (nSPS) is 11.9. The van der Waals surface area contributed by atoms with Crippen molar-refractivity contribution in [1.82, 2.24) is 0 Å². The topological polar surface area (TPSA) is 106 Å². The van der Waals surface area contributed by atoms with Crippen LogP contribution >= 0.6 is 0 Å². The molecule has 0 saturated carbocycles. The van der Waals surface area contributed by atoms with Crippen molar-refractivity contribution in [3.8, 4) is 0 Å². The third-order valence-electron chi connectivity index (χ3n) is 2.45. The maximum Gasteiger partial charge on any atom is 0.522 e. The average molecular weight is 322 g/mol. The fourth-order valence-electron chi connectivity index (χ4n) is 1.35. The predicted molar refractivity (Wildman–Crippen MR) is 72.6 cm³/mol. The van der Waals surface area contributed by atoms with E-state index in [9.17, 15) is 13.2 Å². The van der Waals surface area contributed by atoms with E-state index in [1.165, 1.54) is 51.4 Å². The molecule has 5 nitrogen and oxygen atoms in total. The molecule has 0 aliphatic carbocycles. The highest BCUT2D eigenvalue weighted by Crippen LogP contribution is 2.20. The first-order chi connectivity index (χ1) is 9.16. The fraction of sp³-hybridized carbons (Fsp3) is 1.00. The highest BCUT2D eigenvalue weighted by atomic mass is 32.2.